The van der Waals surface area contributed by atoms with E-state index in [0.29, 0.717) is 11.3 Å². The molecule has 0 aliphatic carbocycles. The molecule has 1 amide bonds. The number of para-hydroxylation sites is 1. The van der Waals surface area contributed by atoms with Crippen molar-refractivity contribution in [2.24, 2.45) is 11.3 Å². The molecule has 1 unspecified atom stereocenters. The molecule has 0 radical (unpaired) electrons. The summed E-state index contributed by atoms with van der Waals surface area (Å²) in [7, 11) is 0. The first-order chi connectivity index (χ1) is 11.6. The number of piperidine rings is 1. The fourth-order valence-corrected chi connectivity index (χ4v) is 4.67. The molecule has 25 heavy (non-hydrogen) atoms. The van der Waals surface area contributed by atoms with Crippen LogP contribution in [0.5, 0.6) is 0 Å². The predicted molar refractivity (Wildman–Crippen MR) is 105 cm³/mol. The van der Waals surface area contributed by atoms with Crippen LogP contribution in [-0.2, 0) is 11.2 Å². The molecule has 5 heteroatoms. The van der Waals surface area contributed by atoms with Crippen molar-refractivity contribution in [1.82, 2.24) is 10.2 Å². The van der Waals surface area contributed by atoms with E-state index in [9.17, 15) is 4.79 Å². The normalized spacial score (nSPS) is 27.2. The molecule has 4 nitrogen and oxygen atoms in total. The van der Waals surface area contributed by atoms with Gasteiger partial charge in [-0.1, -0.05) is 25.1 Å². The molecule has 4 rings (SSSR count). The maximum absolute atomic E-state index is 13.0. The molecule has 1 aromatic carbocycles. The maximum atomic E-state index is 13.0. The number of nitrogens with one attached hydrogen (secondary N) is 1. The Kier molecular flexibility index (Phi) is 5.71. The van der Waals surface area contributed by atoms with Crippen molar-refractivity contribution in [3.05, 3.63) is 29.8 Å². The van der Waals surface area contributed by atoms with Crippen LogP contribution in [0.1, 0.15) is 31.7 Å². The van der Waals surface area contributed by atoms with E-state index in [-0.39, 0.29) is 18.3 Å². The van der Waals surface area contributed by atoms with Gasteiger partial charge in [0.25, 0.3) is 0 Å². The largest absolute Gasteiger partial charge is 0.316 e. The van der Waals surface area contributed by atoms with Gasteiger partial charge in [-0.3, -0.25) is 4.79 Å². The van der Waals surface area contributed by atoms with E-state index in [4.69, 9.17) is 0 Å². The SMILES string of the molecule is CC1(CN2CCC(C(=O)N3CCc4ccccc43)CC2)CCNC1.Cl. The van der Waals surface area contributed by atoms with Crippen LogP contribution in [0.25, 0.3) is 0 Å². The van der Waals surface area contributed by atoms with Crippen LogP contribution < -0.4 is 10.2 Å². The zero-order chi connectivity index (χ0) is 16.6. The van der Waals surface area contributed by atoms with Crippen molar-refractivity contribution < 1.29 is 4.79 Å². The van der Waals surface area contributed by atoms with Gasteiger partial charge in [0, 0.05) is 31.2 Å². The third kappa shape index (κ3) is 3.86. The Morgan fingerprint density at radius 3 is 2.72 bits per heavy atom. The summed E-state index contributed by atoms with van der Waals surface area (Å²) in [6.07, 6.45) is 4.31. The number of likely N-dealkylation sites (tertiary alicyclic amines) is 1. The Bertz CT molecular complexity index is 607. The lowest BCUT2D eigenvalue weighted by Crippen LogP contribution is -2.45. The molecule has 3 aliphatic heterocycles. The summed E-state index contributed by atoms with van der Waals surface area (Å²) in [6, 6.07) is 8.37. The summed E-state index contributed by atoms with van der Waals surface area (Å²) in [5, 5.41) is 3.49. The van der Waals surface area contributed by atoms with Crippen molar-refractivity contribution in [3.8, 4) is 0 Å². The summed E-state index contributed by atoms with van der Waals surface area (Å²) < 4.78 is 0. The number of nitrogens with zero attached hydrogens (tertiary/aromatic N) is 2. The highest BCUT2D eigenvalue weighted by Crippen LogP contribution is 2.32. The first-order valence-electron chi connectivity index (χ1n) is 9.47. The molecule has 1 atom stereocenters. The lowest BCUT2D eigenvalue weighted by Gasteiger charge is -2.37. The standard InChI is InChI=1S/C20H29N3O.ClH/c1-20(9-10-21-14-20)15-22-11-6-17(7-12-22)19(24)23-13-8-16-4-2-3-5-18(16)23;/h2-5,17,21H,6-15H2,1H3;1H. The van der Waals surface area contributed by atoms with Crippen molar-refractivity contribution in [3.63, 3.8) is 0 Å². The number of halogens is 1. The molecule has 3 heterocycles. The Hall–Kier alpha value is -1.10. The third-order valence-corrected chi connectivity index (χ3v) is 6.15. The minimum absolute atomic E-state index is 0. The molecule has 0 aromatic heterocycles. The van der Waals surface area contributed by atoms with E-state index in [2.05, 4.69) is 35.3 Å². The fraction of sp³-hybridized carbons (Fsp3) is 0.650. The molecule has 1 aromatic rings. The molecule has 138 valence electrons. The number of fused-ring (bicyclic) bond motifs is 1. The van der Waals surface area contributed by atoms with Gasteiger partial charge in [-0.05, 0) is 62.4 Å². The van der Waals surface area contributed by atoms with Crippen LogP contribution in [0.2, 0.25) is 0 Å². The molecular formula is C20H30ClN3O. The van der Waals surface area contributed by atoms with Crippen molar-refractivity contribution >= 4 is 24.0 Å². The third-order valence-electron chi connectivity index (χ3n) is 6.15. The van der Waals surface area contributed by atoms with Crippen molar-refractivity contribution in [2.75, 3.05) is 44.2 Å². The summed E-state index contributed by atoms with van der Waals surface area (Å²) >= 11 is 0. The van der Waals surface area contributed by atoms with Gasteiger partial charge in [0.1, 0.15) is 0 Å². The number of rotatable bonds is 3. The van der Waals surface area contributed by atoms with Gasteiger partial charge >= 0.3 is 0 Å². The second kappa shape index (κ2) is 7.65. The summed E-state index contributed by atoms with van der Waals surface area (Å²) in [4.78, 5) is 17.6. The Morgan fingerprint density at radius 2 is 2.00 bits per heavy atom. The lowest BCUT2D eigenvalue weighted by molar-refractivity contribution is -0.123. The van der Waals surface area contributed by atoms with Crippen molar-refractivity contribution in [1.29, 1.82) is 0 Å². The molecule has 2 fully saturated rings. The average molecular weight is 364 g/mol. The first kappa shape index (κ1) is 18.7. The lowest BCUT2D eigenvalue weighted by atomic mass is 9.87. The van der Waals surface area contributed by atoms with E-state index in [1.165, 1.54) is 18.5 Å². The minimum atomic E-state index is 0. The summed E-state index contributed by atoms with van der Waals surface area (Å²) in [5.74, 6) is 0.565. The quantitative estimate of drug-likeness (QED) is 0.896. The topological polar surface area (TPSA) is 35.6 Å². The number of carbonyl (C=O) groups excluding carboxylic acids is 1. The monoisotopic (exact) mass is 363 g/mol. The van der Waals surface area contributed by atoms with Crippen LogP contribution in [-0.4, -0.2) is 50.1 Å². The number of carbonyl (C=O) groups is 1. The Balaban J connectivity index is 0.00000182. The van der Waals surface area contributed by atoms with Gasteiger partial charge in [0.05, 0.1) is 0 Å². The predicted octanol–water partition coefficient (Wildman–Crippen LogP) is 2.71. The molecular weight excluding hydrogens is 334 g/mol. The Morgan fingerprint density at radius 1 is 1.24 bits per heavy atom. The van der Waals surface area contributed by atoms with Crippen LogP contribution in [0.15, 0.2) is 24.3 Å². The van der Waals surface area contributed by atoms with E-state index in [1.54, 1.807) is 0 Å². The van der Waals surface area contributed by atoms with E-state index in [1.807, 2.05) is 11.0 Å². The number of anilines is 1. The second-order valence-corrected chi connectivity index (χ2v) is 8.16. The van der Waals surface area contributed by atoms with Crippen molar-refractivity contribution in [2.45, 2.75) is 32.6 Å². The smallest absolute Gasteiger partial charge is 0.230 e. The summed E-state index contributed by atoms with van der Waals surface area (Å²) in [5.41, 5.74) is 2.89. The highest BCUT2D eigenvalue weighted by Gasteiger charge is 2.35. The van der Waals surface area contributed by atoms with Crippen LogP contribution in [0, 0.1) is 11.3 Å². The van der Waals surface area contributed by atoms with Gasteiger partial charge in [-0.15, -0.1) is 12.4 Å². The maximum Gasteiger partial charge on any atom is 0.230 e. The van der Waals surface area contributed by atoms with Gasteiger partial charge in [0.15, 0.2) is 0 Å². The molecule has 0 spiro atoms. The number of benzene rings is 1. The van der Waals surface area contributed by atoms with E-state index < -0.39 is 0 Å². The number of amides is 1. The zero-order valence-corrected chi connectivity index (χ0v) is 16.0. The highest BCUT2D eigenvalue weighted by molar-refractivity contribution is 5.97. The second-order valence-electron chi connectivity index (χ2n) is 8.16. The Labute approximate surface area is 157 Å². The molecule has 3 aliphatic rings. The van der Waals surface area contributed by atoms with Crippen LogP contribution in [0.4, 0.5) is 5.69 Å². The van der Waals surface area contributed by atoms with Gasteiger partial charge in [0.2, 0.25) is 5.91 Å². The zero-order valence-electron chi connectivity index (χ0n) is 15.2. The first-order valence-corrected chi connectivity index (χ1v) is 9.47. The van der Waals surface area contributed by atoms with E-state index >= 15 is 0 Å². The molecule has 1 N–H and O–H groups in total. The minimum Gasteiger partial charge on any atom is -0.316 e. The summed E-state index contributed by atoms with van der Waals surface area (Å²) in [6.45, 7) is 8.86. The molecule has 0 bridgehead atoms. The number of hydrogen-bond acceptors (Lipinski definition) is 3. The van der Waals surface area contributed by atoms with Crippen LogP contribution >= 0.6 is 12.4 Å². The van der Waals surface area contributed by atoms with Gasteiger partial charge < -0.3 is 15.1 Å². The number of hydrogen-bond donors (Lipinski definition) is 1. The fourth-order valence-electron chi connectivity index (χ4n) is 4.67. The highest BCUT2D eigenvalue weighted by atomic mass is 35.5. The average Bonchev–Trinajstić information content (AvgIpc) is 3.21. The van der Waals surface area contributed by atoms with Crippen LogP contribution in [0.3, 0.4) is 0 Å². The van der Waals surface area contributed by atoms with E-state index in [0.717, 1.165) is 57.7 Å². The van der Waals surface area contributed by atoms with Gasteiger partial charge in [-0.2, -0.15) is 0 Å². The molecule has 0 saturated carbocycles. The van der Waals surface area contributed by atoms with Gasteiger partial charge in [-0.25, -0.2) is 0 Å². The molecule has 2 saturated heterocycles.